The van der Waals surface area contributed by atoms with Crippen LogP contribution in [-0.4, -0.2) is 28.0 Å². The van der Waals surface area contributed by atoms with E-state index in [0.717, 1.165) is 11.3 Å². The lowest BCUT2D eigenvalue weighted by atomic mass is 10.1. The fraction of sp³-hybridized carbons (Fsp3) is 0.235. The van der Waals surface area contributed by atoms with E-state index in [1.807, 2.05) is 24.3 Å². The monoisotopic (exact) mass is 348 g/mol. The van der Waals surface area contributed by atoms with Crippen molar-refractivity contribution in [3.05, 3.63) is 54.1 Å². The number of nitrogens with one attached hydrogen (secondary N) is 2. The molecule has 0 unspecified atom stereocenters. The molecule has 24 heavy (non-hydrogen) atoms. The molecular weight excluding hydrogens is 328 g/mol. The topological polar surface area (TPSA) is 84.5 Å². The second-order valence-electron chi connectivity index (χ2n) is 5.17. The molecule has 0 spiro atoms. The molecule has 0 fully saturated rings. The minimum Gasteiger partial charge on any atom is -0.496 e. The molecular formula is C17H20N2O4S. The van der Waals surface area contributed by atoms with E-state index in [0.29, 0.717) is 12.1 Å². The summed E-state index contributed by atoms with van der Waals surface area (Å²) >= 11 is 0. The highest BCUT2D eigenvalue weighted by molar-refractivity contribution is 7.89. The van der Waals surface area contributed by atoms with Gasteiger partial charge >= 0.3 is 0 Å². The van der Waals surface area contributed by atoms with Crippen molar-refractivity contribution >= 4 is 21.6 Å². The third-order valence-electron chi connectivity index (χ3n) is 3.36. The second-order valence-corrected chi connectivity index (χ2v) is 6.93. The van der Waals surface area contributed by atoms with Crippen LogP contribution in [0.5, 0.6) is 5.75 Å². The van der Waals surface area contributed by atoms with E-state index < -0.39 is 10.0 Å². The Balaban J connectivity index is 1.99. The number of rotatable bonds is 7. The van der Waals surface area contributed by atoms with Crippen LogP contribution in [0.1, 0.15) is 12.5 Å². The summed E-state index contributed by atoms with van der Waals surface area (Å²) in [5.41, 5.74) is 1.49. The molecule has 0 bridgehead atoms. The number of benzene rings is 2. The molecule has 0 radical (unpaired) electrons. The van der Waals surface area contributed by atoms with Gasteiger partial charge in [0, 0.05) is 19.2 Å². The Morgan fingerprint density at radius 3 is 2.38 bits per heavy atom. The Bertz CT molecular complexity index is 802. The zero-order chi connectivity index (χ0) is 17.6. The van der Waals surface area contributed by atoms with E-state index in [-0.39, 0.29) is 17.3 Å². The van der Waals surface area contributed by atoms with Gasteiger partial charge in [-0.2, -0.15) is 0 Å². The lowest BCUT2D eigenvalue weighted by Gasteiger charge is -2.10. The number of hydrogen-bond donors (Lipinski definition) is 2. The zero-order valence-corrected chi connectivity index (χ0v) is 14.4. The molecule has 0 aliphatic rings. The molecule has 0 aliphatic heterocycles. The van der Waals surface area contributed by atoms with Crippen molar-refractivity contribution in [2.24, 2.45) is 0 Å². The van der Waals surface area contributed by atoms with Crippen LogP contribution in [0.25, 0.3) is 0 Å². The molecule has 128 valence electrons. The number of methoxy groups -OCH3 is 1. The minimum absolute atomic E-state index is 0.150. The number of amides is 1. The van der Waals surface area contributed by atoms with Gasteiger partial charge in [0.15, 0.2) is 0 Å². The molecule has 2 aromatic carbocycles. The van der Waals surface area contributed by atoms with Crippen LogP contribution in [0.3, 0.4) is 0 Å². The maximum absolute atomic E-state index is 12.3. The van der Waals surface area contributed by atoms with Crippen LogP contribution in [-0.2, 0) is 21.2 Å². The van der Waals surface area contributed by atoms with Gasteiger partial charge in [-0.05, 0) is 42.3 Å². The van der Waals surface area contributed by atoms with Gasteiger partial charge in [-0.1, -0.05) is 18.2 Å². The van der Waals surface area contributed by atoms with E-state index in [4.69, 9.17) is 4.74 Å². The highest BCUT2D eigenvalue weighted by atomic mass is 32.2. The normalized spacial score (nSPS) is 11.1. The molecule has 2 rings (SSSR count). The van der Waals surface area contributed by atoms with Crippen LogP contribution in [0, 0.1) is 0 Å². The van der Waals surface area contributed by atoms with Crippen LogP contribution >= 0.6 is 0 Å². The van der Waals surface area contributed by atoms with Gasteiger partial charge in [0.05, 0.1) is 12.0 Å². The maximum atomic E-state index is 12.3. The Morgan fingerprint density at radius 1 is 1.08 bits per heavy atom. The van der Waals surface area contributed by atoms with Crippen molar-refractivity contribution in [2.45, 2.75) is 18.2 Å². The Hall–Kier alpha value is -2.38. The van der Waals surface area contributed by atoms with Gasteiger partial charge in [-0.15, -0.1) is 0 Å². The van der Waals surface area contributed by atoms with Crippen LogP contribution in [0.15, 0.2) is 53.4 Å². The van der Waals surface area contributed by atoms with Crippen LogP contribution in [0.4, 0.5) is 5.69 Å². The second kappa shape index (κ2) is 7.94. The number of para-hydroxylation sites is 1. The molecule has 0 saturated heterocycles. The van der Waals surface area contributed by atoms with Crippen molar-refractivity contribution in [1.82, 2.24) is 4.72 Å². The maximum Gasteiger partial charge on any atom is 0.240 e. The summed E-state index contributed by atoms with van der Waals surface area (Å²) in [5, 5.41) is 2.59. The Kier molecular flexibility index (Phi) is 5.94. The number of anilines is 1. The van der Waals surface area contributed by atoms with E-state index in [1.54, 1.807) is 19.2 Å². The molecule has 7 heteroatoms. The summed E-state index contributed by atoms with van der Waals surface area (Å²) in [6.07, 6.45) is 0.521. The fourth-order valence-corrected chi connectivity index (χ4v) is 3.27. The number of carbonyl (C=O) groups is 1. The Labute approximate surface area is 141 Å². The van der Waals surface area contributed by atoms with E-state index in [1.165, 1.54) is 19.1 Å². The lowest BCUT2D eigenvalue weighted by molar-refractivity contribution is -0.114. The number of sulfonamides is 1. The highest BCUT2D eigenvalue weighted by Gasteiger charge is 2.13. The summed E-state index contributed by atoms with van der Waals surface area (Å²) < 4.78 is 32.4. The largest absolute Gasteiger partial charge is 0.496 e. The van der Waals surface area contributed by atoms with Gasteiger partial charge in [-0.3, -0.25) is 4.79 Å². The SMILES string of the molecule is COc1ccccc1CCNS(=O)(=O)c1ccc(NC(C)=O)cc1. The van der Waals surface area contributed by atoms with Crippen molar-refractivity contribution in [3.63, 3.8) is 0 Å². The van der Waals surface area contributed by atoms with Gasteiger partial charge in [-0.25, -0.2) is 13.1 Å². The molecule has 2 aromatic rings. The van der Waals surface area contributed by atoms with Crippen molar-refractivity contribution in [3.8, 4) is 5.75 Å². The van der Waals surface area contributed by atoms with Gasteiger partial charge in [0.25, 0.3) is 0 Å². The molecule has 2 N–H and O–H groups in total. The predicted molar refractivity (Wildman–Crippen MR) is 92.6 cm³/mol. The smallest absolute Gasteiger partial charge is 0.240 e. The predicted octanol–water partition coefficient (Wildman–Crippen LogP) is 2.17. The summed E-state index contributed by atoms with van der Waals surface area (Å²) in [5.74, 6) is 0.525. The number of carbonyl (C=O) groups excluding carboxylic acids is 1. The molecule has 6 nitrogen and oxygen atoms in total. The summed E-state index contributed by atoms with van der Waals surface area (Å²) in [7, 11) is -2.02. The first-order valence-corrected chi connectivity index (χ1v) is 8.90. The first kappa shape index (κ1) is 18.0. The van der Waals surface area contributed by atoms with Crippen molar-refractivity contribution in [2.75, 3.05) is 19.0 Å². The van der Waals surface area contributed by atoms with Gasteiger partial charge in [0.1, 0.15) is 5.75 Å². The standard InChI is InChI=1S/C17H20N2O4S/c1-13(20)19-15-7-9-16(10-8-15)24(21,22)18-12-11-14-5-3-4-6-17(14)23-2/h3-10,18H,11-12H2,1-2H3,(H,19,20). The molecule has 0 aromatic heterocycles. The van der Waals surface area contributed by atoms with Crippen molar-refractivity contribution < 1.29 is 17.9 Å². The number of ether oxygens (including phenoxy) is 1. The summed E-state index contributed by atoms with van der Waals surface area (Å²) in [6.45, 7) is 1.65. The molecule has 0 atom stereocenters. The van der Waals surface area contributed by atoms with Crippen molar-refractivity contribution in [1.29, 1.82) is 0 Å². The zero-order valence-electron chi connectivity index (χ0n) is 13.6. The molecule has 0 heterocycles. The first-order chi connectivity index (χ1) is 11.4. The quantitative estimate of drug-likeness (QED) is 0.803. The molecule has 1 amide bonds. The van der Waals surface area contributed by atoms with Gasteiger partial charge in [0.2, 0.25) is 15.9 Å². The van der Waals surface area contributed by atoms with Gasteiger partial charge < -0.3 is 10.1 Å². The van der Waals surface area contributed by atoms with E-state index in [9.17, 15) is 13.2 Å². The third-order valence-corrected chi connectivity index (χ3v) is 4.84. The third kappa shape index (κ3) is 4.81. The lowest BCUT2D eigenvalue weighted by Crippen LogP contribution is -2.26. The average Bonchev–Trinajstić information content (AvgIpc) is 2.55. The molecule has 0 aliphatic carbocycles. The molecule has 0 saturated carbocycles. The summed E-state index contributed by atoms with van der Waals surface area (Å²) in [4.78, 5) is 11.1. The first-order valence-electron chi connectivity index (χ1n) is 7.41. The van der Waals surface area contributed by atoms with Crippen LogP contribution in [0.2, 0.25) is 0 Å². The Morgan fingerprint density at radius 2 is 1.75 bits per heavy atom. The fourth-order valence-electron chi connectivity index (χ4n) is 2.23. The highest BCUT2D eigenvalue weighted by Crippen LogP contribution is 2.18. The minimum atomic E-state index is -3.60. The van der Waals surface area contributed by atoms with E-state index in [2.05, 4.69) is 10.0 Å². The van der Waals surface area contributed by atoms with E-state index >= 15 is 0 Å². The average molecular weight is 348 g/mol. The van der Waals surface area contributed by atoms with Crippen LogP contribution < -0.4 is 14.8 Å². The summed E-state index contributed by atoms with van der Waals surface area (Å²) in [6, 6.07) is 13.5. The number of hydrogen-bond acceptors (Lipinski definition) is 4.